The van der Waals surface area contributed by atoms with Crippen LogP contribution >= 0.6 is 0 Å². The average molecular weight is 290 g/mol. The quantitative estimate of drug-likeness (QED) is 0.842. The Morgan fingerprint density at radius 3 is 2.57 bits per heavy atom. The molecule has 0 unspecified atom stereocenters. The van der Waals surface area contributed by atoms with Gasteiger partial charge in [-0.1, -0.05) is 12.8 Å². The molecular weight excluding hydrogens is 264 g/mol. The van der Waals surface area contributed by atoms with E-state index < -0.39 is 0 Å². The molecule has 116 valence electrons. The number of nitrogens with zero attached hydrogens (tertiary/aromatic N) is 2. The van der Waals surface area contributed by atoms with Gasteiger partial charge in [0.2, 0.25) is 0 Å². The number of hydrogen-bond donors (Lipinski definition) is 2. The Labute approximate surface area is 127 Å². The summed E-state index contributed by atoms with van der Waals surface area (Å²) in [6, 6.07) is 3.66. The second-order valence-corrected chi connectivity index (χ2v) is 5.97. The third-order valence-electron chi connectivity index (χ3n) is 4.44. The number of anilines is 1. The van der Waals surface area contributed by atoms with Gasteiger partial charge in [-0.3, -0.25) is 4.79 Å². The van der Waals surface area contributed by atoms with Crippen molar-refractivity contribution < 1.29 is 4.79 Å². The molecule has 1 amide bonds. The third kappa shape index (κ3) is 3.73. The molecule has 21 heavy (non-hydrogen) atoms. The molecule has 0 aromatic carbocycles. The van der Waals surface area contributed by atoms with Crippen molar-refractivity contribution in [3.05, 3.63) is 23.9 Å². The summed E-state index contributed by atoms with van der Waals surface area (Å²) in [5.41, 5.74) is 0.732. The summed E-state index contributed by atoms with van der Waals surface area (Å²) in [4.78, 5) is 18.7. The standard InChI is InChI=1S/C16H26N4O/c1-4-17-14-8-7-13(11-18-14)15(21)19-12-16(20(2)3)9-5-6-10-16/h7-8,11H,4-6,9-10,12H2,1-3H3,(H,17,18)(H,19,21). The molecule has 5 nitrogen and oxygen atoms in total. The summed E-state index contributed by atoms with van der Waals surface area (Å²) in [6.45, 7) is 3.54. The van der Waals surface area contributed by atoms with Gasteiger partial charge in [-0.2, -0.15) is 0 Å². The van der Waals surface area contributed by atoms with Crippen LogP contribution < -0.4 is 10.6 Å². The fourth-order valence-electron chi connectivity index (χ4n) is 2.98. The molecule has 1 aromatic heterocycles. The lowest BCUT2D eigenvalue weighted by molar-refractivity contribution is 0.0899. The molecule has 1 saturated carbocycles. The highest BCUT2D eigenvalue weighted by atomic mass is 16.1. The number of carbonyl (C=O) groups is 1. The van der Waals surface area contributed by atoms with Gasteiger partial charge in [-0.15, -0.1) is 0 Å². The summed E-state index contributed by atoms with van der Waals surface area (Å²) in [6.07, 6.45) is 6.42. The summed E-state index contributed by atoms with van der Waals surface area (Å²) < 4.78 is 0. The van der Waals surface area contributed by atoms with Gasteiger partial charge in [-0.05, 0) is 46.0 Å². The highest BCUT2D eigenvalue weighted by Gasteiger charge is 2.36. The van der Waals surface area contributed by atoms with Gasteiger partial charge in [0.1, 0.15) is 5.82 Å². The molecule has 1 aliphatic rings. The molecular formula is C16H26N4O. The summed E-state index contributed by atoms with van der Waals surface area (Å²) in [5, 5.41) is 6.20. The van der Waals surface area contributed by atoms with E-state index in [0.29, 0.717) is 12.1 Å². The smallest absolute Gasteiger partial charge is 0.252 e. The van der Waals surface area contributed by atoms with Gasteiger partial charge in [0, 0.05) is 24.8 Å². The summed E-state index contributed by atoms with van der Waals surface area (Å²) >= 11 is 0. The van der Waals surface area contributed by atoms with Crippen LogP contribution in [0.2, 0.25) is 0 Å². The highest BCUT2D eigenvalue weighted by molar-refractivity contribution is 5.94. The molecule has 0 aliphatic heterocycles. The van der Waals surface area contributed by atoms with E-state index in [1.54, 1.807) is 6.20 Å². The molecule has 0 atom stereocenters. The van der Waals surface area contributed by atoms with Gasteiger partial charge >= 0.3 is 0 Å². The SMILES string of the molecule is CCNc1ccc(C(=O)NCC2(N(C)C)CCCC2)cn1. The highest BCUT2D eigenvalue weighted by Crippen LogP contribution is 2.33. The molecule has 5 heteroatoms. The van der Waals surface area contributed by atoms with Crippen LogP contribution in [0.15, 0.2) is 18.3 Å². The molecule has 1 heterocycles. The van der Waals surface area contributed by atoms with Crippen molar-refractivity contribution in [1.82, 2.24) is 15.2 Å². The zero-order valence-electron chi connectivity index (χ0n) is 13.3. The molecule has 2 N–H and O–H groups in total. The minimum Gasteiger partial charge on any atom is -0.370 e. The lowest BCUT2D eigenvalue weighted by atomic mass is 9.96. The molecule has 0 saturated heterocycles. The van der Waals surface area contributed by atoms with Gasteiger partial charge in [0.25, 0.3) is 5.91 Å². The second-order valence-electron chi connectivity index (χ2n) is 5.97. The molecule has 0 bridgehead atoms. The molecule has 1 aromatic rings. The zero-order valence-corrected chi connectivity index (χ0v) is 13.3. The molecule has 0 radical (unpaired) electrons. The van der Waals surface area contributed by atoms with Crippen LogP contribution in [0.5, 0.6) is 0 Å². The topological polar surface area (TPSA) is 57.3 Å². The van der Waals surface area contributed by atoms with E-state index in [0.717, 1.165) is 25.2 Å². The van der Waals surface area contributed by atoms with Gasteiger partial charge in [0.05, 0.1) is 5.56 Å². The number of nitrogens with one attached hydrogen (secondary N) is 2. The third-order valence-corrected chi connectivity index (χ3v) is 4.44. The van der Waals surface area contributed by atoms with E-state index in [1.807, 2.05) is 19.1 Å². The summed E-state index contributed by atoms with van der Waals surface area (Å²) in [5.74, 6) is 0.758. The van der Waals surface area contributed by atoms with E-state index in [2.05, 4.69) is 34.6 Å². The Balaban J connectivity index is 1.94. The first-order chi connectivity index (χ1) is 10.1. The number of aromatic nitrogens is 1. The maximum Gasteiger partial charge on any atom is 0.252 e. The van der Waals surface area contributed by atoms with E-state index >= 15 is 0 Å². The number of pyridine rings is 1. The Bertz CT molecular complexity index is 464. The van der Waals surface area contributed by atoms with Crippen molar-refractivity contribution in [2.75, 3.05) is 32.5 Å². The van der Waals surface area contributed by atoms with E-state index in [4.69, 9.17) is 0 Å². The van der Waals surface area contributed by atoms with Crippen LogP contribution in [0.1, 0.15) is 43.0 Å². The van der Waals surface area contributed by atoms with Crippen molar-refractivity contribution >= 4 is 11.7 Å². The van der Waals surface area contributed by atoms with Crippen LogP contribution in [0, 0.1) is 0 Å². The Kier molecular flexibility index (Phi) is 5.17. The molecule has 2 rings (SSSR count). The monoisotopic (exact) mass is 290 g/mol. The predicted molar refractivity (Wildman–Crippen MR) is 85.6 cm³/mol. The number of likely N-dealkylation sites (N-methyl/N-ethyl adjacent to an activating group) is 1. The van der Waals surface area contributed by atoms with E-state index in [1.165, 1.54) is 12.8 Å². The first kappa shape index (κ1) is 15.8. The maximum absolute atomic E-state index is 12.2. The molecule has 0 spiro atoms. The first-order valence-electron chi connectivity index (χ1n) is 7.73. The fourth-order valence-corrected chi connectivity index (χ4v) is 2.98. The largest absolute Gasteiger partial charge is 0.370 e. The Hall–Kier alpha value is -1.62. The second kappa shape index (κ2) is 6.89. The average Bonchev–Trinajstić information content (AvgIpc) is 2.96. The molecule has 1 fully saturated rings. The number of hydrogen-bond acceptors (Lipinski definition) is 4. The lowest BCUT2D eigenvalue weighted by Crippen LogP contribution is -2.50. The van der Waals surface area contributed by atoms with E-state index in [-0.39, 0.29) is 11.4 Å². The van der Waals surface area contributed by atoms with Crippen LogP contribution in [0.4, 0.5) is 5.82 Å². The van der Waals surface area contributed by atoms with Crippen molar-refractivity contribution in [2.45, 2.75) is 38.1 Å². The van der Waals surface area contributed by atoms with Crippen LogP contribution in [-0.4, -0.2) is 48.5 Å². The van der Waals surface area contributed by atoms with Crippen LogP contribution in [-0.2, 0) is 0 Å². The van der Waals surface area contributed by atoms with Crippen molar-refractivity contribution in [1.29, 1.82) is 0 Å². The summed E-state index contributed by atoms with van der Waals surface area (Å²) in [7, 11) is 4.20. The van der Waals surface area contributed by atoms with Crippen molar-refractivity contribution in [3.8, 4) is 0 Å². The van der Waals surface area contributed by atoms with Gasteiger partial charge in [0.15, 0.2) is 0 Å². The van der Waals surface area contributed by atoms with Crippen LogP contribution in [0.3, 0.4) is 0 Å². The number of rotatable bonds is 6. The van der Waals surface area contributed by atoms with Crippen molar-refractivity contribution in [2.24, 2.45) is 0 Å². The Morgan fingerprint density at radius 2 is 2.05 bits per heavy atom. The Morgan fingerprint density at radius 1 is 1.33 bits per heavy atom. The number of amides is 1. The van der Waals surface area contributed by atoms with Crippen molar-refractivity contribution in [3.63, 3.8) is 0 Å². The van der Waals surface area contributed by atoms with E-state index in [9.17, 15) is 4.79 Å². The minimum absolute atomic E-state index is 0.0429. The normalized spacial score (nSPS) is 17.0. The maximum atomic E-state index is 12.2. The molecule has 1 aliphatic carbocycles. The van der Waals surface area contributed by atoms with Gasteiger partial charge < -0.3 is 15.5 Å². The minimum atomic E-state index is -0.0429. The predicted octanol–water partition coefficient (Wildman–Crippen LogP) is 2.12. The van der Waals surface area contributed by atoms with Crippen LogP contribution in [0.25, 0.3) is 0 Å². The first-order valence-corrected chi connectivity index (χ1v) is 7.73. The van der Waals surface area contributed by atoms with Gasteiger partial charge in [-0.25, -0.2) is 4.98 Å². The number of carbonyl (C=O) groups excluding carboxylic acids is 1. The lowest BCUT2D eigenvalue weighted by Gasteiger charge is -2.36. The fraction of sp³-hybridized carbons (Fsp3) is 0.625. The zero-order chi connectivity index (χ0) is 15.3.